The van der Waals surface area contributed by atoms with Crippen LogP contribution in [0, 0.1) is 0 Å². The number of benzene rings is 1. The fourth-order valence-corrected chi connectivity index (χ4v) is 2.32. The molecule has 0 aliphatic heterocycles. The predicted molar refractivity (Wildman–Crippen MR) is 73.0 cm³/mol. The van der Waals surface area contributed by atoms with Gasteiger partial charge in [0, 0.05) is 12.8 Å². The average molecular weight is 322 g/mol. The number of hydrogen-bond donors (Lipinski definition) is 1. The van der Waals surface area contributed by atoms with Crippen molar-refractivity contribution in [1.82, 2.24) is 4.72 Å². The monoisotopic (exact) mass is 321 g/mol. The van der Waals surface area contributed by atoms with Crippen molar-refractivity contribution in [2.45, 2.75) is 6.42 Å². The lowest BCUT2D eigenvalue weighted by molar-refractivity contribution is 0.396. The summed E-state index contributed by atoms with van der Waals surface area (Å²) in [7, 11) is 2.26. The SMILES string of the molecule is COc1cc(CCNS(C)=O)c(OC)cc1Br. The van der Waals surface area contributed by atoms with Gasteiger partial charge in [0.05, 0.1) is 29.7 Å². The second kappa shape index (κ2) is 6.98. The molecule has 1 unspecified atom stereocenters. The van der Waals surface area contributed by atoms with E-state index in [-0.39, 0.29) is 0 Å². The Bertz CT molecular complexity index is 412. The van der Waals surface area contributed by atoms with Crippen LogP contribution in [0.2, 0.25) is 0 Å². The van der Waals surface area contributed by atoms with Gasteiger partial charge in [-0.1, -0.05) is 0 Å². The van der Waals surface area contributed by atoms with Crippen LogP contribution in [-0.4, -0.2) is 31.2 Å². The van der Waals surface area contributed by atoms with Crippen molar-refractivity contribution in [2.24, 2.45) is 0 Å². The number of nitrogens with one attached hydrogen (secondary N) is 1. The maximum atomic E-state index is 10.9. The lowest BCUT2D eigenvalue weighted by Gasteiger charge is -2.12. The third-order valence-electron chi connectivity index (χ3n) is 2.25. The molecule has 1 rings (SSSR count). The maximum Gasteiger partial charge on any atom is 0.133 e. The highest BCUT2D eigenvalue weighted by Crippen LogP contribution is 2.32. The summed E-state index contributed by atoms with van der Waals surface area (Å²) in [6, 6.07) is 3.79. The molecule has 0 amide bonds. The van der Waals surface area contributed by atoms with E-state index in [1.165, 1.54) is 0 Å². The molecule has 1 N–H and O–H groups in total. The molecule has 0 aliphatic carbocycles. The quantitative estimate of drug-likeness (QED) is 0.870. The van der Waals surface area contributed by atoms with Crippen LogP contribution in [-0.2, 0) is 17.4 Å². The van der Waals surface area contributed by atoms with Crippen molar-refractivity contribution in [3.05, 3.63) is 22.2 Å². The first-order valence-electron chi connectivity index (χ1n) is 5.05. The zero-order valence-corrected chi connectivity index (χ0v) is 12.5. The van der Waals surface area contributed by atoms with Crippen molar-refractivity contribution in [1.29, 1.82) is 0 Å². The minimum atomic E-state index is -0.991. The molecule has 1 aromatic carbocycles. The standard InChI is InChI=1S/C11H16BrNO3S/c1-15-10-7-9(12)11(16-2)6-8(10)4-5-13-17(3)14/h6-7,13H,4-5H2,1-3H3. The van der Waals surface area contributed by atoms with Gasteiger partial charge in [-0.15, -0.1) is 0 Å². The van der Waals surface area contributed by atoms with Gasteiger partial charge in [0.1, 0.15) is 11.5 Å². The molecular formula is C11H16BrNO3S. The number of hydrogen-bond acceptors (Lipinski definition) is 3. The third-order valence-corrected chi connectivity index (χ3v) is 3.48. The highest BCUT2D eigenvalue weighted by molar-refractivity contribution is 9.10. The summed E-state index contributed by atoms with van der Waals surface area (Å²) in [5.41, 5.74) is 1.02. The molecule has 0 heterocycles. The molecule has 0 saturated heterocycles. The molecule has 17 heavy (non-hydrogen) atoms. The molecule has 0 bridgehead atoms. The summed E-state index contributed by atoms with van der Waals surface area (Å²) < 4.78 is 25.1. The van der Waals surface area contributed by atoms with Crippen molar-refractivity contribution in [3.8, 4) is 11.5 Å². The summed E-state index contributed by atoms with van der Waals surface area (Å²) in [5, 5.41) is 0. The fourth-order valence-electron chi connectivity index (χ4n) is 1.45. The van der Waals surface area contributed by atoms with Gasteiger partial charge in [-0.3, -0.25) is 0 Å². The van der Waals surface area contributed by atoms with Crippen LogP contribution in [0.5, 0.6) is 11.5 Å². The zero-order chi connectivity index (χ0) is 12.8. The van der Waals surface area contributed by atoms with E-state index < -0.39 is 11.0 Å². The Kier molecular flexibility index (Phi) is 5.94. The first kappa shape index (κ1) is 14.5. The minimum absolute atomic E-state index is 0.629. The number of ether oxygens (including phenoxy) is 2. The Labute approximate surface area is 112 Å². The maximum absolute atomic E-state index is 10.9. The first-order chi connectivity index (χ1) is 8.08. The van der Waals surface area contributed by atoms with Crippen LogP contribution in [0.3, 0.4) is 0 Å². The van der Waals surface area contributed by atoms with E-state index >= 15 is 0 Å². The second-order valence-electron chi connectivity index (χ2n) is 3.40. The summed E-state index contributed by atoms with van der Waals surface area (Å²) in [6.45, 7) is 0.629. The summed E-state index contributed by atoms with van der Waals surface area (Å²) in [4.78, 5) is 0. The van der Waals surface area contributed by atoms with Gasteiger partial charge in [0.2, 0.25) is 0 Å². The van der Waals surface area contributed by atoms with Gasteiger partial charge in [-0.25, -0.2) is 8.93 Å². The number of halogens is 1. The molecule has 0 saturated carbocycles. The molecule has 0 spiro atoms. The Balaban J connectivity index is 2.84. The Morgan fingerprint density at radius 2 is 1.94 bits per heavy atom. The van der Waals surface area contributed by atoms with Gasteiger partial charge in [0.25, 0.3) is 0 Å². The largest absolute Gasteiger partial charge is 0.496 e. The Morgan fingerprint density at radius 1 is 1.29 bits per heavy atom. The molecule has 0 fully saturated rings. The second-order valence-corrected chi connectivity index (χ2v) is 5.45. The Morgan fingerprint density at radius 3 is 2.47 bits per heavy atom. The average Bonchev–Trinajstić information content (AvgIpc) is 2.30. The Hall–Kier alpha value is -0.590. The van der Waals surface area contributed by atoms with E-state index in [0.29, 0.717) is 6.54 Å². The topological polar surface area (TPSA) is 47.6 Å². The molecule has 6 heteroatoms. The van der Waals surface area contributed by atoms with Gasteiger partial charge >= 0.3 is 0 Å². The molecule has 0 aromatic heterocycles. The first-order valence-corrected chi connectivity index (χ1v) is 7.41. The third kappa shape index (κ3) is 4.29. The van der Waals surface area contributed by atoms with Crippen molar-refractivity contribution >= 4 is 26.9 Å². The zero-order valence-electron chi connectivity index (χ0n) is 10.1. The van der Waals surface area contributed by atoms with Crippen LogP contribution in [0.25, 0.3) is 0 Å². The van der Waals surface area contributed by atoms with E-state index in [4.69, 9.17) is 9.47 Å². The van der Waals surface area contributed by atoms with Crippen molar-refractivity contribution in [2.75, 3.05) is 27.0 Å². The highest BCUT2D eigenvalue weighted by atomic mass is 79.9. The van der Waals surface area contributed by atoms with Crippen LogP contribution in [0.4, 0.5) is 0 Å². The smallest absolute Gasteiger partial charge is 0.133 e. The molecule has 4 nitrogen and oxygen atoms in total. The van der Waals surface area contributed by atoms with Crippen LogP contribution in [0.1, 0.15) is 5.56 Å². The molecule has 1 aromatic rings. The fraction of sp³-hybridized carbons (Fsp3) is 0.455. The molecule has 0 radical (unpaired) electrons. The van der Waals surface area contributed by atoms with Gasteiger partial charge in [0.15, 0.2) is 0 Å². The normalized spacial score (nSPS) is 12.2. The van der Waals surface area contributed by atoms with E-state index in [2.05, 4.69) is 20.7 Å². The van der Waals surface area contributed by atoms with Crippen LogP contribution < -0.4 is 14.2 Å². The van der Waals surface area contributed by atoms with E-state index in [1.54, 1.807) is 20.5 Å². The van der Waals surface area contributed by atoms with Crippen molar-refractivity contribution in [3.63, 3.8) is 0 Å². The van der Waals surface area contributed by atoms with E-state index in [9.17, 15) is 4.21 Å². The molecule has 1 atom stereocenters. The summed E-state index contributed by atoms with van der Waals surface area (Å²) in [6.07, 6.45) is 2.34. The summed E-state index contributed by atoms with van der Waals surface area (Å²) in [5.74, 6) is 1.56. The van der Waals surface area contributed by atoms with Crippen molar-refractivity contribution < 1.29 is 13.7 Å². The number of rotatable bonds is 6. The lowest BCUT2D eigenvalue weighted by atomic mass is 10.1. The molecule has 96 valence electrons. The number of methoxy groups -OCH3 is 2. The predicted octanol–water partition coefficient (Wildman–Crippen LogP) is 1.89. The van der Waals surface area contributed by atoms with Crippen LogP contribution >= 0.6 is 15.9 Å². The van der Waals surface area contributed by atoms with Gasteiger partial charge < -0.3 is 9.47 Å². The summed E-state index contributed by atoms with van der Waals surface area (Å²) >= 11 is 3.40. The van der Waals surface area contributed by atoms with E-state index in [0.717, 1.165) is 28.0 Å². The minimum Gasteiger partial charge on any atom is -0.496 e. The highest BCUT2D eigenvalue weighted by Gasteiger charge is 2.09. The molecular weight excluding hydrogens is 306 g/mol. The van der Waals surface area contributed by atoms with Gasteiger partial charge in [-0.2, -0.15) is 0 Å². The molecule has 0 aliphatic rings. The lowest BCUT2D eigenvalue weighted by Crippen LogP contribution is -2.18. The van der Waals surface area contributed by atoms with E-state index in [1.807, 2.05) is 12.1 Å². The van der Waals surface area contributed by atoms with Gasteiger partial charge in [-0.05, 0) is 40.0 Å². The van der Waals surface area contributed by atoms with Crippen LogP contribution in [0.15, 0.2) is 16.6 Å².